The fourth-order valence-electron chi connectivity index (χ4n) is 4.39. The fourth-order valence-corrected chi connectivity index (χ4v) is 4.39. The first-order chi connectivity index (χ1) is 18.7. The molecule has 1 atom stereocenters. The number of nitrogens with one attached hydrogen (secondary N) is 1. The molecule has 3 aromatic carbocycles. The second-order valence-electron chi connectivity index (χ2n) is 10.5. The van der Waals surface area contributed by atoms with Gasteiger partial charge in [-0.1, -0.05) is 30.4 Å². The number of carbonyl (C=O) groups excluding carboxylic acids is 1. The molecule has 0 aromatic heterocycles. The lowest BCUT2D eigenvalue weighted by atomic mass is 10.1. The van der Waals surface area contributed by atoms with E-state index in [9.17, 15) is 4.79 Å². The second kappa shape index (κ2) is 12.6. The summed E-state index contributed by atoms with van der Waals surface area (Å²) in [7, 11) is 3.30. The average molecular weight is 531 g/mol. The summed E-state index contributed by atoms with van der Waals surface area (Å²) in [4.78, 5) is 14.6. The van der Waals surface area contributed by atoms with Crippen LogP contribution in [-0.2, 0) is 4.74 Å². The van der Waals surface area contributed by atoms with Crippen LogP contribution in [0.2, 0.25) is 0 Å². The number of anilines is 1. The molecule has 1 amide bonds. The van der Waals surface area contributed by atoms with E-state index in [-0.39, 0.29) is 12.1 Å². The van der Waals surface area contributed by atoms with Gasteiger partial charge < -0.3 is 29.2 Å². The largest absolute Gasteiger partial charge is 0.497 e. The third-order valence-electron chi connectivity index (χ3n) is 6.41. The van der Waals surface area contributed by atoms with Crippen LogP contribution < -0.4 is 19.5 Å². The number of hydrogen-bond acceptors (Lipinski definition) is 6. The van der Waals surface area contributed by atoms with E-state index in [1.54, 1.807) is 14.2 Å². The minimum atomic E-state index is -0.522. The number of methoxy groups -OCH3 is 2. The van der Waals surface area contributed by atoms with Crippen molar-refractivity contribution >= 4 is 23.9 Å². The summed E-state index contributed by atoms with van der Waals surface area (Å²) in [5.41, 5.74) is 2.39. The molecule has 1 N–H and O–H groups in total. The van der Waals surface area contributed by atoms with Crippen molar-refractivity contribution in [2.75, 3.05) is 32.6 Å². The third kappa shape index (κ3) is 7.93. The molecule has 1 aliphatic heterocycles. The Morgan fingerprint density at radius 2 is 1.49 bits per heavy atom. The van der Waals surface area contributed by atoms with Crippen LogP contribution in [0.1, 0.15) is 44.7 Å². The van der Waals surface area contributed by atoms with E-state index in [4.69, 9.17) is 18.9 Å². The van der Waals surface area contributed by atoms with E-state index in [0.717, 1.165) is 41.2 Å². The zero-order chi connectivity index (χ0) is 27.8. The molecule has 1 heterocycles. The highest BCUT2D eigenvalue weighted by atomic mass is 16.6. The van der Waals surface area contributed by atoms with Crippen molar-refractivity contribution in [2.45, 2.75) is 45.3 Å². The zero-order valence-corrected chi connectivity index (χ0v) is 23.4. The van der Waals surface area contributed by atoms with Crippen LogP contribution in [0.3, 0.4) is 0 Å². The standard InChI is InChI=1S/C32H38N2O5/c1-32(2,3)39-31(35)34-20-6-7-25(34)22-33-29-19-12-24(9-8-23-10-13-26(36-4)14-11-23)21-30(29)38-28-17-15-27(37-5)16-18-28/h8-19,21,25,33H,6-7,20,22H2,1-5H3/t25-/m0/s1. The molecule has 7 heteroatoms. The summed E-state index contributed by atoms with van der Waals surface area (Å²) in [5, 5.41) is 3.52. The molecule has 0 unspecified atom stereocenters. The summed E-state index contributed by atoms with van der Waals surface area (Å²) in [6.07, 6.45) is 5.71. The molecule has 1 aliphatic rings. The molecule has 1 saturated heterocycles. The Kier molecular flexibility index (Phi) is 9.02. The molecule has 1 fully saturated rings. The molecule has 0 spiro atoms. The van der Waals surface area contributed by atoms with Gasteiger partial charge in [-0.3, -0.25) is 0 Å². The molecule has 206 valence electrons. The van der Waals surface area contributed by atoms with Gasteiger partial charge >= 0.3 is 6.09 Å². The van der Waals surface area contributed by atoms with Gasteiger partial charge in [0.25, 0.3) is 0 Å². The van der Waals surface area contributed by atoms with Crippen LogP contribution in [0.15, 0.2) is 66.7 Å². The van der Waals surface area contributed by atoms with Crippen molar-refractivity contribution in [2.24, 2.45) is 0 Å². The Morgan fingerprint density at radius 1 is 0.897 bits per heavy atom. The van der Waals surface area contributed by atoms with Gasteiger partial charge in [-0.15, -0.1) is 0 Å². The Labute approximate surface area is 231 Å². The maximum absolute atomic E-state index is 12.7. The van der Waals surface area contributed by atoms with Gasteiger partial charge in [0.2, 0.25) is 0 Å². The normalized spacial score (nSPS) is 15.3. The number of rotatable bonds is 9. The fraction of sp³-hybridized carbons (Fsp3) is 0.344. The molecule has 3 aromatic rings. The SMILES string of the molecule is COc1ccc(C=Cc2ccc(NC[C@@H]3CCCN3C(=O)OC(C)(C)C)c(Oc3ccc(OC)cc3)c2)cc1. The average Bonchev–Trinajstić information content (AvgIpc) is 3.40. The molecule has 0 aliphatic carbocycles. The highest BCUT2D eigenvalue weighted by Gasteiger charge is 2.32. The van der Waals surface area contributed by atoms with Gasteiger partial charge in [0, 0.05) is 13.1 Å². The lowest BCUT2D eigenvalue weighted by Gasteiger charge is -2.29. The van der Waals surface area contributed by atoms with Crippen molar-refractivity contribution in [3.63, 3.8) is 0 Å². The van der Waals surface area contributed by atoms with Gasteiger partial charge in [0.05, 0.1) is 25.9 Å². The van der Waals surface area contributed by atoms with Crippen LogP contribution >= 0.6 is 0 Å². The summed E-state index contributed by atoms with van der Waals surface area (Å²) in [6, 6.07) is 21.5. The quantitative estimate of drug-likeness (QED) is 0.289. The Balaban J connectivity index is 1.52. The van der Waals surface area contributed by atoms with Gasteiger partial charge in [0.15, 0.2) is 5.75 Å². The summed E-state index contributed by atoms with van der Waals surface area (Å²) < 4.78 is 22.5. The molecular formula is C32H38N2O5. The maximum atomic E-state index is 12.7. The van der Waals surface area contributed by atoms with Crippen LogP contribution in [0.4, 0.5) is 10.5 Å². The third-order valence-corrected chi connectivity index (χ3v) is 6.41. The number of hydrogen-bond donors (Lipinski definition) is 1. The van der Waals surface area contributed by atoms with Crippen LogP contribution in [0.25, 0.3) is 12.2 Å². The minimum absolute atomic E-state index is 0.0448. The zero-order valence-electron chi connectivity index (χ0n) is 23.4. The first-order valence-corrected chi connectivity index (χ1v) is 13.3. The smallest absolute Gasteiger partial charge is 0.410 e. The summed E-state index contributed by atoms with van der Waals surface area (Å²) in [6.45, 7) is 6.97. The summed E-state index contributed by atoms with van der Waals surface area (Å²) >= 11 is 0. The van der Waals surface area contributed by atoms with Crippen LogP contribution in [-0.4, -0.2) is 49.9 Å². The summed E-state index contributed by atoms with van der Waals surface area (Å²) in [5.74, 6) is 2.98. The molecule has 7 nitrogen and oxygen atoms in total. The monoisotopic (exact) mass is 530 g/mol. The molecular weight excluding hydrogens is 492 g/mol. The van der Waals surface area contributed by atoms with E-state index in [1.165, 1.54) is 0 Å². The lowest BCUT2D eigenvalue weighted by Crippen LogP contribution is -2.42. The van der Waals surface area contributed by atoms with E-state index < -0.39 is 5.60 Å². The number of amides is 1. The van der Waals surface area contributed by atoms with E-state index in [1.807, 2.05) is 98.5 Å². The number of nitrogens with zero attached hydrogens (tertiary/aromatic N) is 1. The van der Waals surface area contributed by atoms with Crippen molar-refractivity contribution in [1.29, 1.82) is 0 Å². The van der Waals surface area contributed by atoms with Gasteiger partial charge in [-0.25, -0.2) is 4.79 Å². The molecule has 0 saturated carbocycles. The highest BCUT2D eigenvalue weighted by molar-refractivity contribution is 5.73. The number of benzene rings is 3. The van der Waals surface area contributed by atoms with E-state index in [2.05, 4.69) is 11.4 Å². The number of carbonyl (C=O) groups is 1. The van der Waals surface area contributed by atoms with Crippen molar-refractivity contribution in [3.8, 4) is 23.0 Å². The second-order valence-corrected chi connectivity index (χ2v) is 10.5. The first kappa shape index (κ1) is 27.9. The van der Waals surface area contributed by atoms with Gasteiger partial charge in [-0.05, 0) is 93.3 Å². The van der Waals surface area contributed by atoms with Crippen molar-refractivity contribution in [1.82, 2.24) is 4.90 Å². The first-order valence-electron chi connectivity index (χ1n) is 13.3. The molecule has 4 rings (SSSR count). The molecule has 0 radical (unpaired) electrons. The van der Waals surface area contributed by atoms with Crippen molar-refractivity contribution < 1.29 is 23.7 Å². The lowest BCUT2D eigenvalue weighted by molar-refractivity contribution is 0.0235. The molecule has 0 bridgehead atoms. The topological polar surface area (TPSA) is 69.3 Å². The predicted octanol–water partition coefficient (Wildman–Crippen LogP) is 7.48. The van der Waals surface area contributed by atoms with Crippen LogP contribution in [0.5, 0.6) is 23.0 Å². The van der Waals surface area contributed by atoms with E-state index in [0.29, 0.717) is 24.6 Å². The van der Waals surface area contributed by atoms with Crippen LogP contribution in [0, 0.1) is 0 Å². The minimum Gasteiger partial charge on any atom is -0.497 e. The van der Waals surface area contributed by atoms with E-state index >= 15 is 0 Å². The number of likely N-dealkylation sites (tertiary alicyclic amines) is 1. The molecule has 39 heavy (non-hydrogen) atoms. The highest BCUT2D eigenvalue weighted by Crippen LogP contribution is 2.33. The Morgan fingerprint density at radius 3 is 2.13 bits per heavy atom. The number of ether oxygens (including phenoxy) is 4. The Bertz CT molecular complexity index is 1260. The van der Waals surface area contributed by atoms with Gasteiger partial charge in [-0.2, -0.15) is 0 Å². The van der Waals surface area contributed by atoms with Crippen molar-refractivity contribution in [3.05, 3.63) is 77.9 Å². The van der Waals surface area contributed by atoms with Gasteiger partial charge in [0.1, 0.15) is 22.8 Å². The maximum Gasteiger partial charge on any atom is 0.410 e. The Hall–Kier alpha value is -4.13. The predicted molar refractivity (Wildman–Crippen MR) is 156 cm³/mol.